The Hall–Kier alpha value is -1.55. The lowest BCUT2D eigenvalue weighted by Gasteiger charge is -2.19. The Bertz CT molecular complexity index is 392. The lowest BCUT2D eigenvalue weighted by atomic mass is 10.1. The van der Waals surface area contributed by atoms with Gasteiger partial charge in [0.25, 0.3) is 0 Å². The number of nitrogens with zero attached hydrogens (tertiary/aromatic N) is 2. The minimum Gasteiger partial charge on any atom is -0.391 e. The van der Waals surface area contributed by atoms with Gasteiger partial charge in [-0.25, -0.2) is 4.79 Å². The van der Waals surface area contributed by atoms with Crippen LogP contribution < -0.4 is 0 Å². The van der Waals surface area contributed by atoms with E-state index >= 15 is 0 Å². The summed E-state index contributed by atoms with van der Waals surface area (Å²) in [5.41, 5.74) is 1.11. The minimum atomic E-state index is -0.496. The van der Waals surface area contributed by atoms with Gasteiger partial charge in [0.15, 0.2) is 0 Å². The molecule has 92 valence electrons. The first-order valence-corrected chi connectivity index (χ1v) is 5.83. The molecule has 4 heteroatoms. The molecule has 1 saturated heterocycles. The number of carbonyl (C=O) groups excluding carboxylic acids is 1. The number of carbonyl (C=O) groups is 1. The SMILES string of the molecule is CC(O)C1CN(Cc2ccccc2)C(=O)N1C. The van der Waals surface area contributed by atoms with Crippen molar-refractivity contribution in [2.75, 3.05) is 13.6 Å². The van der Waals surface area contributed by atoms with E-state index < -0.39 is 6.10 Å². The Morgan fingerprint density at radius 3 is 2.59 bits per heavy atom. The Balaban J connectivity index is 2.06. The number of rotatable bonds is 3. The summed E-state index contributed by atoms with van der Waals surface area (Å²) < 4.78 is 0. The molecular weight excluding hydrogens is 216 g/mol. The summed E-state index contributed by atoms with van der Waals surface area (Å²) in [5.74, 6) is 0. The molecule has 2 rings (SSSR count). The van der Waals surface area contributed by atoms with Crippen molar-refractivity contribution in [3.8, 4) is 0 Å². The summed E-state index contributed by atoms with van der Waals surface area (Å²) in [4.78, 5) is 15.4. The number of urea groups is 1. The summed E-state index contributed by atoms with van der Waals surface area (Å²) in [5, 5.41) is 9.60. The van der Waals surface area contributed by atoms with Crippen LogP contribution in [0.15, 0.2) is 30.3 Å². The molecule has 0 spiro atoms. The van der Waals surface area contributed by atoms with Crippen LogP contribution in [-0.2, 0) is 6.54 Å². The highest BCUT2D eigenvalue weighted by molar-refractivity contribution is 5.77. The predicted molar refractivity (Wildman–Crippen MR) is 65.5 cm³/mol. The van der Waals surface area contributed by atoms with Crippen LogP contribution in [0.5, 0.6) is 0 Å². The summed E-state index contributed by atoms with van der Waals surface area (Å²) in [6.45, 7) is 2.91. The average Bonchev–Trinajstić information content (AvgIpc) is 2.59. The Labute approximate surface area is 101 Å². The molecule has 2 atom stereocenters. The monoisotopic (exact) mass is 234 g/mol. The lowest BCUT2D eigenvalue weighted by Crippen LogP contribution is -2.37. The molecule has 2 unspecified atom stereocenters. The molecule has 1 fully saturated rings. The Kier molecular flexibility index (Phi) is 3.33. The molecule has 1 aromatic rings. The normalized spacial score (nSPS) is 22.1. The van der Waals surface area contributed by atoms with E-state index in [1.165, 1.54) is 0 Å². The maximum absolute atomic E-state index is 12.0. The number of aliphatic hydroxyl groups excluding tert-OH is 1. The van der Waals surface area contributed by atoms with Crippen LogP contribution in [0.3, 0.4) is 0 Å². The number of hydrogen-bond donors (Lipinski definition) is 1. The van der Waals surface area contributed by atoms with Gasteiger partial charge in [0, 0.05) is 20.1 Å². The number of benzene rings is 1. The van der Waals surface area contributed by atoms with Crippen molar-refractivity contribution in [2.45, 2.75) is 25.6 Å². The van der Waals surface area contributed by atoms with E-state index in [0.29, 0.717) is 13.1 Å². The van der Waals surface area contributed by atoms with Gasteiger partial charge in [-0.15, -0.1) is 0 Å². The third-order valence-electron chi connectivity index (χ3n) is 3.25. The zero-order valence-electron chi connectivity index (χ0n) is 10.2. The number of hydrogen-bond acceptors (Lipinski definition) is 2. The van der Waals surface area contributed by atoms with Crippen molar-refractivity contribution < 1.29 is 9.90 Å². The highest BCUT2D eigenvalue weighted by Crippen LogP contribution is 2.19. The fourth-order valence-corrected chi connectivity index (χ4v) is 2.20. The van der Waals surface area contributed by atoms with E-state index in [9.17, 15) is 9.90 Å². The second-order valence-electron chi connectivity index (χ2n) is 4.57. The average molecular weight is 234 g/mol. The zero-order chi connectivity index (χ0) is 12.4. The summed E-state index contributed by atoms with van der Waals surface area (Å²) in [6.07, 6.45) is -0.496. The number of likely N-dealkylation sites (N-methyl/N-ethyl adjacent to an activating group) is 1. The first-order valence-electron chi connectivity index (χ1n) is 5.83. The van der Waals surface area contributed by atoms with E-state index in [0.717, 1.165) is 5.56 Å². The van der Waals surface area contributed by atoms with Gasteiger partial charge >= 0.3 is 6.03 Å². The molecule has 4 nitrogen and oxygen atoms in total. The first-order chi connectivity index (χ1) is 8.09. The van der Waals surface area contributed by atoms with Crippen molar-refractivity contribution in [2.24, 2.45) is 0 Å². The van der Waals surface area contributed by atoms with Gasteiger partial charge in [0.05, 0.1) is 12.1 Å². The summed E-state index contributed by atoms with van der Waals surface area (Å²) in [7, 11) is 1.74. The van der Waals surface area contributed by atoms with Crippen molar-refractivity contribution in [3.05, 3.63) is 35.9 Å². The standard InChI is InChI=1S/C13H18N2O2/c1-10(16)12-9-15(13(17)14(12)2)8-11-6-4-3-5-7-11/h3-7,10,12,16H,8-9H2,1-2H3. The van der Waals surface area contributed by atoms with Crippen LogP contribution in [0.25, 0.3) is 0 Å². The summed E-state index contributed by atoms with van der Waals surface area (Å²) in [6, 6.07) is 9.77. The molecule has 1 aliphatic heterocycles. The fourth-order valence-electron chi connectivity index (χ4n) is 2.20. The molecule has 1 N–H and O–H groups in total. The van der Waals surface area contributed by atoms with Crippen LogP contribution in [0, 0.1) is 0 Å². The van der Waals surface area contributed by atoms with Crippen LogP contribution in [0.1, 0.15) is 12.5 Å². The molecule has 17 heavy (non-hydrogen) atoms. The largest absolute Gasteiger partial charge is 0.391 e. The molecular formula is C13H18N2O2. The second-order valence-corrected chi connectivity index (χ2v) is 4.57. The van der Waals surface area contributed by atoms with Crippen LogP contribution >= 0.6 is 0 Å². The van der Waals surface area contributed by atoms with Gasteiger partial charge in [-0.3, -0.25) is 0 Å². The van der Waals surface area contributed by atoms with Gasteiger partial charge in [0.2, 0.25) is 0 Å². The first kappa shape index (κ1) is 11.9. The maximum atomic E-state index is 12.0. The molecule has 1 heterocycles. The van der Waals surface area contributed by atoms with Crippen LogP contribution in [0.4, 0.5) is 4.79 Å². The van der Waals surface area contributed by atoms with Crippen molar-refractivity contribution >= 4 is 6.03 Å². The van der Waals surface area contributed by atoms with E-state index in [4.69, 9.17) is 0 Å². The zero-order valence-corrected chi connectivity index (χ0v) is 10.2. The van der Waals surface area contributed by atoms with E-state index in [1.807, 2.05) is 30.3 Å². The highest BCUT2D eigenvalue weighted by atomic mass is 16.3. The molecule has 0 bridgehead atoms. The smallest absolute Gasteiger partial charge is 0.320 e. The molecule has 0 saturated carbocycles. The van der Waals surface area contributed by atoms with Crippen molar-refractivity contribution in [1.29, 1.82) is 0 Å². The van der Waals surface area contributed by atoms with E-state index in [-0.39, 0.29) is 12.1 Å². The number of aliphatic hydroxyl groups is 1. The third kappa shape index (κ3) is 2.42. The van der Waals surface area contributed by atoms with Gasteiger partial charge in [0.1, 0.15) is 0 Å². The van der Waals surface area contributed by atoms with Gasteiger partial charge in [-0.1, -0.05) is 30.3 Å². The number of amides is 2. The van der Waals surface area contributed by atoms with Gasteiger partial charge < -0.3 is 14.9 Å². The molecule has 0 aromatic heterocycles. The van der Waals surface area contributed by atoms with Gasteiger partial charge in [-0.05, 0) is 12.5 Å². The quantitative estimate of drug-likeness (QED) is 0.856. The van der Waals surface area contributed by atoms with Crippen LogP contribution in [0.2, 0.25) is 0 Å². The highest BCUT2D eigenvalue weighted by Gasteiger charge is 2.36. The van der Waals surface area contributed by atoms with Crippen molar-refractivity contribution in [3.63, 3.8) is 0 Å². The van der Waals surface area contributed by atoms with E-state index in [1.54, 1.807) is 23.8 Å². The molecule has 0 radical (unpaired) electrons. The topological polar surface area (TPSA) is 43.8 Å². The Morgan fingerprint density at radius 1 is 1.41 bits per heavy atom. The molecule has 1 aliphatic rings. The Morgan fingerprint density at radius 2 is 2.06 bits per heavy atom. The molecule has 2 amide bonds. The van der Waals surface area contributed by atoms with Crippen molar-refractivity contribution in [1.82, 2.24) is 9.80 Å². The van der Waals surface area contributed by atoms with E-state index in [2.05, 4.69) is 0 Å². The van der Waals surface area contributed by atoms with Crippen LogP contribution in [-0.4, -0.2) is 46.7 Å². The second kappa shape index (κ2) is 4.75. The molecule has 0 aliphatic carbocycles. The lowest BCUT2D eigenvalue weighted by molar-refractivity contribution is 0.113. The maximum Gasteiger partial charge on any atom is 0.320 e. The predicted octanol–water partition coefficient (Wildman–Crippen LogP) is 1.30. The fraction of sp³-hybridized carbons (Fsp3) is 0.462. The minimum absolute atomic E-state index is 0.0141. The summed E-state index contributed by atoms with van der Waals surface area (Å²) >= 11 is 0. The van der Waals surface area contributed by atoms with Gasteiger partial charge in [-0.2, -0.15) is 0 Å². The molecule has 1 aromatic carbocycles. The third-order valence-corrected chi connectivity index (χ3v) is 3.25.